The maximum Gasteiger partial charge on any atom is 0.407 e. The lowest BCUT2D eigenvalue weighted by Gasteiger charge is -2.19. The van der Waals surface area contributed by atoms with Crippen LogP contribution in [-0.4, -0.2) is 30.1 Å². The predicted molar refractivity (Wildman–Crippen MR) is 90.3 cm³/mol. The normalized spacial score (nSPS) is 10.7. The molecule has 0 aliphatic carbocycles. The van der Waals surface area contributed by atoms with E-state index in [0.717, 1.165) is 5.56 Å². The molecule has 1 aromatic carbocycles. The van der Waals surface area contributed by atoms with Gasteiger partial charge in [-0.15, -0.1) is 0 Å². The second-order valence-electron chi connectivity index (χ2n) is 6.40. The maximum absolute atomic E-state index is 11.8. The molecule has 0 unspecified atom stereocenters. The molecule has 7 heteroatoms. The Bertz CT molecular complexity index is 576. The minimum Gasteiger partial charge on any atom is -0.444 e. The molecule has 0 spiro atoms. The van der Waals surface area contributed by atoms with E-state index < -0.39 is 11.7 Å². The molecule has 0 radical (unpaired) electrons. The van der Waals surface area contributed by atoms with Crippen LogP contribution in [0.2, 0.25) is 0 Å². The fourth-order valence-corrected chi connectivity index (χ4v) is 1.72. The number of hydrogen-bond acceptors (Lipinski definition) is 4. The van der Waals surface area contributed by atoms with E-state index in [1.807, 2.05) is 19.1 Å². The summed E-state index contributed by atoms with van der Waals surface area (Å²) in [7, 11) is 0. The lowest BCUT2D eigenvalue weighted by molar-refractivity contribution is -0.121. The fraction of sp³-hybridized carbons (Fsp3) is 0.471. The number of ether oxygens (including phenoxy) is 1. The molecule has 0 saturated carbocycles. The molecule has 3 N–H and O–H groups in total. The van der Waals surface area contributed by atoms with E-state index in [-0.39, 0.29) is 18.2 Å². The van der Waals surface area contributed by atoms with E-state index in [2.05, 4.69) is 16.2 Å². The van der Waals surface area contributed by atoms with Crippen molar-refractivity contribution in [3.63, 3.8) is 0 Å². The molecule has 0 aromatic heterocycles. The summed E-state index contributed by atoms with van der Waals surface area (Å²) in [5, 5.41) is 2.56. The van der Waals surface area contributed by atoms with Gasteiger partial charge in [0.25, 0.3) is 5.91 Å². The molecule has 0 atom stereocenters. The van der Waals surface area contributed by atoms with Gasteiger partial charge in [-0.25, -0.2) is 4.79 Å². The summed E-state index contributed by atoms with van der Waals surface area (Å²) in [5.74, 6) is -0.711. The number of nitrogens with one attached hydrogen (secondary N) is 3. The van der Waals surface area contributed by atoms with Crippen molar-refractivity contribution in [1.29, 1.82) is 0 Å². The first-order valence-corrected chi connectivity index (χ1v) is 7.80. The van der Waals surface area contributed by atoms with E-state index in [4.69, 9.17) is 4.74 Å². The Morgan fingerprint density at radius 2 is 1.67 bits per heavy atom. The minimum atomic E-state index is -0.554. The molecule has 0 aliphatic heterocycles. The smallest absolute Gasteiger partial charge is 0.407 e. The van der Waals surface area contributed by atoms with Gasteiger partial charge in [0, 0.05) is 18.5 Å². The SMILES string of the molecule is Cc1ccc(C(=O)NNC(=O)CCCNC(=O)OC(C)(C)C)cc1. The molecule has 0 saturated heterocycles. The summed E-state index contributed by atoms with van der Waals surface area (Å²) in [4.78, 5) is 34.9. The van der Waals surface area contributed by atoms with Crippen molar-refractivity contribution in [1.82, 2.24) is 16.2 Å². The minimum absolute atomic E-state index is 0.171. The van der Waals surface area contributed by atoms with E-state index in [9.17, 15) is 14.4 Å². The highest BCUT2D eigenvalue weighted by Crippen LogP contribution is 2.06. The van der Waals surface area contributed by atoms with Crippen molar-refractivity contribution in [2.45, 2.75) is 46.1 Å². The molecular weight excluding hydrogens is 310 g/mol. The largest absolute Gasteiger partial charge is 0.444 e. The van der Waals surface area contributed by atoms with Gasteiger partial charge in [0.05, 0.1) is 0 Å². The molecule has 0 heterocycles. The third-order valence-corrected chi connectivity index (χ3v) is 2.88. The summed E-state index contributed by atoms with van der Waals surface area (Å²) in [5.41, 5.74) is 5.65. The maximum atomic E-state index is 11.8. The zero-order valence-corrected chi connectivity index (χ0v) is 14.6. The lowest BCUT2D eigenvalue weighted by atomic mass is 10.1. The zero-order valence-electron chi connectivity index (χ0n) is 14.6. The molecule has 1 aromatic rings. The first-order valence-electron chi connectivity index (χ1n) is 7.80. The molecule has 24 heavy (non-hydrogen) atoms. The summed E-state index contributed by atoms with van der Waals surface area (Å²) < 4.78 is 5.07. The Morgan fingerprint density at radius 3 is 2.25 bits per heavy atom. The predicted octanol–water partition coefficient (Wildman–Crippen LogP) is 2.06. The molecular formula is C17H25N3O4. The van der Waals surface area contributed by atoms with Crippen LogP contribution in [0.4, 0.5) is 4.79 Å². The van der Waals surface area contributed by atoms with Crippen LogP contribution in [0.3, 0.4) is 0 Å². The highest BCUT2D eigenvalue weighted by Gasteiger charge is 2.15. The van der Waals surface area contributed by atoms with E-state index in [0.29, 0.717) is 18.5 Å². The average Bonchev–Trinajstić information content (AvgIpc) is 2.48. The molecule has 1 rings (SSSR count). The first-order chi connectivity index (χ1) is 11.2. The van der Waals surface area contributed by atoms with Crippen molar-refractivity contribution in [3.8, 4) is 0 Å². The second kappa shape index (κ2) is 8.90. The van der Waals surface area contributed by atoms with Crippen LogP contribution >= 0.6 is 0 Å². The summed E-state index contributed by atoms with van der Waals surface area (Å²) in [6, 6.07) is 7.00. The molecule has 3 amide bonds. The topological polar surface area (TPSA) is 96.5 Å². The van der Waals surface area contributed by atoms with Gasteiger partial charge in [0.2, 0.25) is 5.91 Å². The highest BCUT2D eigenvalue weighted by atomic mass is 16.6. The van der Waals surface area contributed by atoms with Crippen molar-refractivity contribution < 1.29 is 19.1 Å². The average molecular weight is 335 g/mol. The number of rotatable bonds is 5. The van der Waals surface area contributed by atoms with Crippen LogP contribution in [0.25, 0.3) is 0 Å². The van der Waals surface area contributed by atoms with Crippen molar-refractivity contribution in [3.05, 3.63) is 35.4 Å². The fourth-order valence-electron chi connectivity index (χ4n) is 1.72. The van der Waals surface area contributed by atoms with Gasteiger partial charge in [0.1, 0.15) is 5.60 Å². The van der Waals surface area contributed by atoms with Gasteiger partial charge in [-0.2, -0.15) is 0 Å². The monoisotopic (exact) mass is 335 g/mol. The van der Waals surface area contributed by atoms with E-state index in [1.54, 1.807) is 32.9 Å². The number of hydrogen-bond donors (Lipinski definition) is 3. The van der Waals surface area contributed by atoms with Crippen molar-refractivity contribution in [2.24, 2.45) is 0 Å². The quantitative estimate of drug-likeness (QED) is 0.567. The number of carbonyl (C=O) groups is 3. The van der Waals surface area contributed by atoms with Gasteiger partial charge in [0.15, 0.2) is 0 Å². The Kier molecular flexibility index (Phi) is 7.23. The number of hydrazine groups is 1. The van der Waals surface area contributed by atoms with E-state index >= 15 is 0 Å². The third-order valence-electron chi connectivity index (χ3n) is 2.88. The van der Waals surface area contributed by atoms with Crippen molar-refractivity contribution >= 4 is 17.9 Å². The molecule has 0 bridgehead atoms. The van der Waals surface area contributed by atoms with Gasteiger partial charge in [-0.3, -0.25) is 20.4 Å². The summed E-state index contributed by atoms with van der Waals surface area (Å²) in [6.45, 7) is 7.56. The van der Waals surface area contributed by atoms with Gasteiger partial charge in [-0.05, 0) is 46.2 Å². The van der Waals surface area contributed by atoms with Crippen LogP contribution in [0.15, 0.2) is 24.3 Å². The van der Waals surface area contributed by atoms with Crippen LogP contribution in [0.1, 0.15) is 49.5 Å². The number of alkyl carbamates (subject to hydrolysis) is 1. The van der Waals surface area contributed by atoms with Crippen molar-refractivity contribution in [2.75, 3.05) is 6.54 Å². The molecule has 7 nitrogen and oxygen atoms in total. The van der Waals surface area contributed by atoms with Crippen LogP contribution in [0, 0.1) is 6.92 Å². The highest BCUT2D eigenvalue weighted by molar-refractivity contribution is 5.95. The number of carbonyl (C=O) groups excluding carboxylic acids is 3. The van der Waals surface area contributed by atoms with Gasteiger partial charge < -0.3 is 10.1 Å². The Labute approximate surface area is 142 Å². The zero-order chi connectivity index (χ0) is 18.2. The Morgan fingerprint density at radius 1 is 1.04 bits per heavy atom. The summed E-state index contributed by atoms with van der Waals surface area (Å²) >= 11 is 0. The Balaban J connectivity index is 2.19. The first kappa shape index (κ1) is 19.5. The Hall–Kier alpha value is -2.57. The summed E-state index contributed by atoms with van der Waals surface area (Å²) in [6.07, 6.45) is 0.0886. The van der Waals surface area contributed by atoms with Crippen LogP contribution in [0.5, 0.6) is 0 Å². The second-order valence-corrected chi connectivity index (χ2v) is 6.40. The van der Waals surface area contributed by atoms with Crippen LogP contribution < -0.4 is 16.2 Å². The number of aryl methyl sites for hydroxylation is 1. The third kappa shape index (κ3) is 8.17. The molecule has 132 valence electrons. The van der Waals surface area contributed by atoms with Gasteiger partial charge in [-0.1, -0.05) is 17.7 Å². The molecule has 0 aliphatic rings. The number of benzene rings is 1. The molecule has 0 fully saturated rings. The van der Waals surface area contributed by atoms with E-state index in [1.165, 1.54) is 0 Å². The van der Waals surface area contributed by atoms with Crippen LogP contribution in [-0.2, 0) is 9.53 Å². The lowest BCUT2D eigenvalue weighted by Crippen LogP contribution is -2.41. The standard InChI is InChI=1S/C17H25N3O4/c1-12-7-9-13(10-8-12)15(22)20-19-14(21)6-5-11-18-16(23)24-17(2,3)4/h7-10H,5-6,11H2,1-4H3,(H,18,23)(H,19,21)(H,20,22). The van der Waals surface area contributed by atoms with Gasteiger partial charge >= 0.3 is 6.09 Å². The number of amides is 3.